The Morgan fingerprint density at radius 3 is 2.71 bits per heavy atom. The molecular formula is C17H13N3O3S. The topological polar surface area (TPSA) is 117 Å². The van der Waals surface area contributed by atoms with Gasteiger partial charge in [-0.1, -0.05) is 18.2 Å². The zero-order valence-corrected chi connectivity index (χ0v) is 13.3. The van der Waals surface area contributed by atoms with Gasteiger partial charge in [0.1, 0.15) is 5.75 Å². The van der Waals surface area contributed by atoms with Gasteiger partial charge in [0.25, 0.3) is 5.91 Å². The lowest BCUT2D eigenvalue weighted by Gasteiger charge is -2.08. The van der Waals surface area contributed by atoms with Crippen LogP contribution in [0.5, 0.6) is 0 Å². The van der Waals surface area contributed by atoms with Crippen molar-refractivity contribution in [2.24, 2.45) is 5.73 Å². The molecule has 0 spiro atoms. The Morgan fingerprint density at radius 2 is 2.00 bits per heavy atom. The Labute approximate surface area is 138 Å². The van der Waals surface area contributed by atoms with E-state index >= 15 is 0 Å². The fourth-order valence-corrected chi connectivity index (χ4v) is 3.57. The van der Waals surface area contributed by atoms with Gasteiger partial charge >= 0.3 is 0 Å². The lowest BCUT2D eigenvalue weighted by atomic mass is 9.99. The standard InChI is InChI=1S/C17H13N3O3S/c18-7-9-24(22,23)12-3-1-2-11(10-12)13-4-5-15(17(19)21)16-14(13)6-8-20-16/h1-6,8,10,20H,9H2,(H2,19,21). The number of primary amides is 1. The number of H-pyrrole nitrogens is 1. The summed E-state index contributed by atoms with van der Waals surface area (Å²) < 4.78 is 24.2. The highest BCUT2D eigenvalue weighted by Crippen LogP contribution is 2.31. The molecule has 0 aliphatic carbocycles. The number of sulfone groups is 1. The highest BCUT2D eigenvalue weighted by molar-refractivity contribution is 7.91. The van der Waals surface area contributed by atoms with E-state index in [-0.39, 0.29) is 4.90 Å². The summed E-state index contributed by atoms with van der Waals surface area (Å²) in [6, 6.07) is 13.2. The number of nitrogens with two attached hydrogens (primary N) is 1. The molecule has 24 heavy (non-hydrogen) atoms. The van der Waals surface area contributed by atoms with E-state index in [0.717, 1.165) is 10.9 Å². The van der Waals surface area contributed by atoms with Gasteiger partial charge in [0.05, 0.1) is 22.0 Å². The van der Waals surface area contributed by atoms with Crippen molar-refractivity contribution in [1.29, 1.82) is 5.26 Å². The summed E-state index contributed by atoms with van der Waals surface area (Å²) in [5.41, 5.74) is 7.79. The maximum absolute atomic E-state index is 12.1. The second-order valence-electron chi connectivity index (χ2n) is 5.24. The minimum atomic E-state index is -3.65. The van der Waals surface area contributed by atoms with E-state index in [1.807, 2.05) is 0 Å². The van der Waals surface area contributed by atoms with E-state index in [1.165, 1.54) is 12.1 Å². The number of aromatic nitrogens is 1. The number of nitriles is 1. The summed E-state index contributed by atoms with van der Waals surface area (Å²) >= 11 is 0. The monoisotopic (exact) mass is 339 g/mol. The van der Waals surface area contributed by atoms with Gasteiger partial charge < -0.3 is 10.7 Å². The molecule has 1 aromatic heterocycles. The molecule has 0 saturated heterocycles. The van der Waals surface area contributed by atoms with Crippen LogP contribution in [0.3, 0.4) is 0 Å². The number of carbonyl (C=O) groups excluding carboxylic acids is 1. The normalized spacial score (nSPS) is 11.3. The van der Waals surface area contributed by atoms with Crippen molar-refractivity contribution in [3.63, 3.8) is 0 Å². The van der Waals surface area contributed by atoms with Gasteiger partial charge in [0.2, 0.25) is 0 Å². The van der Waals surface area contributed by atoms with Crippen LogP contribution in [0.1, 0.15) is 10.4 Å². The molecule has 6 nitrogen and oxygen atoms in total. The van der Waals surface area contributed by atoms with Crippen LogP contribution >= 0.6 is 0 Å². The number of fused-ring (bicyclic) bond motifs is 1. The predicted molar refractivity (Wildman–Crippen MR) is 89.9 cm³/mol. The first kappa shape index (κ1) is 15.8. The van der Waals surface area contributed by atoms with Gasteiger partial charge in [-0.15, -0.1) is 0 Å². The Hall–Kier alpha value is -3.11. The third kappa shape index (κ3) is 2.64. The highest BCUT2D eigenvalue weighted by atomic mass is 32.2. The van der Waals surface area contributed by atoms with Crippen molar-refractivity contribution in [2.45, 2.75) is 4.90 Å². The number of hydrogen-bond donors (Lipinski definition) is 2. The summed E-state index contributed by atoms with van der Waals surface area (Å²) in [5.74, 6) is -1.12. The third-order valence-electron chi connectivity index (χ3n) is 3.75. The minimum Gasteiger partial charge on any atom is -0.366 e. The molecule has 0 fully saturated rings. The molecule has 0 unspecified atom stereocenters. The smallest absolute Gasteiger partial charge is 0.250 e. The lowest BCUT2D eigenvalue weighted by molar-refractivity contribution is 0.100. The number of rotatable bonds is 4. The number of benzene rings is 2. The SMILES string of the molecule is N#CCS(=O)(=O)c1cccc(-c2ccc(C(N)=O)c3[nH]ccc23)c1. The molecule has 3 aromatic rings. The first-order chi connectivity index (χ1) is 11.4. The average Bonchev–Trinajstić information content (AvgIpc) is 3.03. The summed E-state index contributed by atoms with van der Waals surface area (Å²) in [4.78, 5) is 14.6. The van der Waals surface area contributed by atoms with Gasteiger partial charge in [0, 0.05) is 11.6 Å². The molecule has 0 bridgehead atoms. The molecule has 0 aliphatic rings. The van der Waals surface area contributed by atoms with Crippen molar-refractivity contribution in [3.8, 4) is 17.2 Å². The van der Waals surface area contributed by atoms with Crippen LogP contribution in [0, 0.1) is 11.3 Å². The molecule has 2 aromatic carbocycles. The highest BCUT2D eigenvalue weighted by Gasteiger charge is 2.16. The molecule has 3 N–H and O–H groups in total. The number of amides is 1. The summed E-state index contributed by atoms with van der Waals surface area (Å²) in [6.07, 6.45) is 1.69. The van der Waals surface area contributed by atoms with Crippen LogP contribution in [0.15, 0.2) is 53.6 Å². The van der Waals surface area contributed by atoms with E-state index in [0.29, 0.717) is 16.6 Å². The van der Waals surface area contributed by atoms with E-state index < -0.39 is 21.5 Å². The van der Waals surface area contributed by atoms with E-state index in [4.69, 9.17) is 11.0 Å². The average molecular weight is 339 g/mol. The Kier molecular flexibility index (Phi) is 3.83. The van der Waals surface area contributed by atoms with Gasteiger partial charge in [0.15, 0.2) is 9.84 Å². The molecule has 0 aliphatic heterocycles. The van der Waals surface area contributed by atoms with Crippen molar-refractivity contribution >= 4 is 26.6 Å². The first-order valence-electron chi connectivity index (χ1n) is 7.04. The van der Waals surface area contributed by atoms with Crippen molar-refractivity contribution in [2.75, 3.05) is 5.75 Å². The summed E-state index contributed by atoms with van der Waals surface area (Å²) in [7, 11) is -3.65. The fourth-order valence-electron chi connectivity index (χ4n) is 2.64. The van der Waals surface area contributed by atoms with E-state index in [9.17, 15) is 13.2 Å². The largest absolute Gasteiger partial charge is 0.366 e. The molecule has 1 heterocycles. The maximum atomic E-state index is 12.1. The van der Waals surface area contributed by atoms with Crippen LogP contribution in [-0.4, -0.2) is 25.1 Å². The van der Waals surface area contributed by atoms with Crippen LogP contribution in [0.25, 0.3) is 22.0 Å². The molecule has 3 rings (SSSR count). The second-order valence-corrected chi connectivity index (χ2v) is 7.23. The summed E-state index contributed by atoms with van der Waals surface area (Å²) in [6.45, 7) is 0. The third-order valence-corrected chi connectivity index (χ3v) is 5.23. The van der Waals surface area contributed by atoms with Gasteiger partial charge in [-0.25, -0.2) is 8.42 Å². The van der Waals surface area contributed by atoms with Crippen LogP contribution in [0.2, 0.25) is 0 Å². The molecule has 7 heteroatoms. The molecule has 0 radical (unpaired) electrons. The van der Waals surface area contributed by atoms with E-state index in [2.05, 4.69) is 4.98 Å². The molecule has 1 amide bonds. The minimum absolute atomic E-state index is 0.0872. The van der Waals surface area contributed by atoms with E-state index in [1.54, 1.807) is 42.6 Å². The molecule has 120 valence electrons. The lowest BCUT2D eigenvalue weighted by Crippen LogP contribution is -2.11. The van der Waals surface area contributed by atoms with Gasteiger partial charge in [-0.2, -0.15) is 5.26 Å². The quantitative estimate of drug-likeness (QED) is 0.758. The van der Waals surface area contributed by atoms with Crippen LogP contribution < -0.4 is 5.73 Å². The van der Waals surface area contributed by atoms with Crippen LogP contribution in [-0.2, 0) is 9.84 Å². The zero-order valence-electron chi connectivity index (χ0n) is 12.5. The second kappa shape index (κ2) is 5.83. The number of carbonyl (C=O) groups is 1. The van der Waals surface area contributed by atoms with Crippen molar-refractivity contribution < 1.29 is 13.2 Å². The fraction of sp³-hybridized carbons (Fsp3) is 0.0588. The number of aromatic amines is 1. The Balaban J connectivity index is 2.20. The maximum Gasteiger partial charge on any atom is 0.250 e. The Bertz CT molecular complexity index is 1090. The molecular weight excluding hydrogens is 326 g/mol. The Morgan fingerprint density at radius 1 is 1.21 bits per heavy atom. The molecule has 0 saturated carbocycles. The first-order valence-corrected chi connectivity index (χ1v) is 8.69. The zero-order chi connectivity index (χ0) is 17.3. The number of nitrogens with zero attached hydrogens (tertiary/aromatic N) is 1. The molecule has 0 atom stereocenters. The predicted octanol–water partition coefficient (Wildman–Crippen LogP) is 2.23. The van der Waals surface area contributed by atoms with Crippen molar-refractivity contribution in [3.05, 3.63) is 54.2 Å². The summed E-state index contributed by atoms with van der Waals surface area (Å²) in [5, 5.41) is 9.43. The number of hydrogen-bond acceptors (Lipinski definition) is 4. The van der Waals surface area contributed by atoms with Gasteiger partial charge in [-0.3, -0.25) is 4.79 Å². The van der Waals surface area contributed by atoms with Crippen LogP contribution in [0.4, 0.5) is 0 Å². The van der Waals surface area contributed by atoms with Gasteiger partial charge in [-0.05, 0) is 35.4 Å². The van der Waals surface area contributed by atoms with Crippen molar-refractivity contribution in [1.82, 2.24) is 4.98 Å². The number of nitrogens with one attached hydrogen (secondary N) is 1.